The molecule has 0 N–H and O–H groups in total. The fourth-order valence-electron chi connectivity index (χ4n) is 0.648. The van der Waals surface area contributed by atoms with E-state index in [9.17, 15) is 4.79 Å². The first kappa shape index (κ1) is 7.63. The van der Waals surface area contributed by atoms with Crippen molar-refractivity contribution in [3.8, 4) is 0 Å². The lowest BCUT2D eigenvalue weighted by Crippen LogP contribution is -1.94. The molecule has 4 heteroatoms. The molecule has 0 aliphatic heterocycles. The number of carbonyl (C=O) groups excluding carboxylic acids is 1. The smallest absolute Gasteiger partial charge is 0.161 e. The van der Waals surface area contributed by atoms with Gasteiger partial charge in [-0.15, -0.1) is 11.3 Å². The maximum absolute atomic E-state index is 9.97. The van der Waals surface area contributed by atoms with Crippen LogP contribution in [0.2, 0.25) is 0 Å². The largest absolute Gasteiger partial charge is 0.330 e. The Hall–Kier alpha value is -0.480. The summed E-state index contributed by atoms with van der Waals surface area (Å²) in [4.78, 5) is 9.97. The molecule has 10 heavy (non-hydrogen) atoms. The van der Waals surface area contributed by atoms with E-state index >= 15 is 0 Å². The van der Waals surface area contributed by atoms with Crippen LogP contribution in [0.15, 0.2) is 11.6 Å². The number of hydrogen-bond acceptors (Lipinski definition) is 3. The van der Waals surface area contributed by atoms with Gasteiger partial charge in [0.15, 0.2) is 3.95 Å². The molecule has 1 aromatic rings. The molecule has 0 aliphatic rings. The van der Waals surface area contributed by atoms with Gasteiger partial charge in [0.1, 0.15) is 6.29 Å². The van der Waals surface area contributed by atoms with Crippen LogP contribution in [0.1, 0.15) is 6.42 Å². The molecule has 1 rings (SSSR count). The summed E-state index contributed by atoms with van der Waals surface area (Å²) >= 11 is 6.48. The second-order valence-electron chi connectivity index (χ2n) is 1.82. The Kier molecular flexibility index (Phi) is 2.77. The number of nitrogens with zero attached hydrogens (tertiary/aromatic N) is 1. The van der Waals surface area contributed by atoms with Gasteiger partial charge in [-0.1, -0.05) is 0 Å². The summed E-state index contributed by atoms with van der Waals surface area (Å²) in [5.41, 5.74) is 0. The first-order valence-corrected chi connectivity index (χ1v) is 4.21. The van der Waals surface area contributed by atoms with Gasteiger partial charge in [0, 0.05) is 24.5 Å². The van der Waals surface area contributed by atoms with E-state index in [0.717, 1.165) is 10.2 Å². The zero-order valence-electron chi connectivity index (χ0n) is 5.32. The monoisotopic (exact) mass is 173 g/mol. The van der Waals surface area contributed by atoms with E-state index in [1.165, 1.54) is 11.3 Å². The Morgan fingerprint density at radius 2 is 2.60 bits per heavy atom. The second kappa shape index (κ2) is 3.63. The Balaban J connectivity index is 2.65. The molecule has 2 nitrogen and oxygen atoms in total. The SMILES string of the molecule is O=CCCn1ccsc1=S. The Morgan fingerprint density at radius 1 is 1.80 bits per heavy atom. The molecule has 0 fully saturated rings. The highest BCUT2D eigenvalue weighted by molar-refractivity contribution is 7.73. The molecule has 0 spiro atoms. The third kappa shape index (κ3) is 1.75. The van der Waals surface area contributed by atoms with Crippen molar-refractivity contribution >= 4 is 29.8 Å². The molecule has 0 radical (unpaired) electrons. The molecular formula is C6H7NOS2. The molecule has 54 valence electrons. The van der Waals surface area contributed by atoms with Gasteiger partial charge in [0.25, 0.3) is 0 Å². The zero-order valence-corrected chi connectivity index (χ0v) is 6.95. The summed E-state index contributed by atoms with van der Waals surface area (Å²) in [6.45, 7) is 0.714. The maximum Gasteiger partial charge on any atom is 0.161 e. The Bertz CT molecular complexity index is 263. The van der Waals surface area contributed by atoms with Crippen LogP contribution in [0.3, 0.4) is 0 Å². The summed E-state index contributed by atoms with van der Waals surface area (Å²) in [7, 11) is 0. The third-order valence-corrected chi connectivity index (χ3v) is 2.35. The van der Waals surface area contributed by atoms with Crippen molar-refractivity contribution in [2.45, 2.75) is 13.0 Å². The predicted molar refractivity (Wildman–Crippen MR) is 43.8 cm³/mol. The lowest BCUT2D eigenvalue weighted by Gasteiger charge is -1.94. The molecule has 1 heterocycles. The van der Waals surface area contributed by atoms with Crippen LogP contribution in [-0.4, -0.2) is 10.9 Å². The molecule has 0 saturated heterocycles. The minimum absolute atomic E-state index is 0.547. The molecule has 1 aromatic heterocycles. The number of aromatic nitrogens is 1. The number of thiazole rings is 1. The molecule has 0 bridgehead atoms. The van der Waals surface area contributed by atoms with E-state index in [1.54, 1.807) is 0 Å². The van der Waals surface area contributed by atoms with Gasteiger partial charge >= 0.3 is 0 Å². The van der Waals surface area contributed by atoms with E-state index in [0.29, 0.717) is 13.0 Å². The number of aryl methyl sites for hydroxylation is 1. The fraction of sp³-hybridized carbons (Fsp3) is 0.333. The number of hydrogen-bond donors (Lipinski definition) is 0. The summed E-state index contributed by atoms with van der Waals surface area (Å²) < 4.78 is 2.73. The van der Waals surface area contributed by atoms with Crippen LogP contribution >= 0.6 is 23.6 Å². The van der Waals surface area contributed by atoms with Crippen LogP contribution in [0.5, 0.6) is 0 Å². The summed E-state index contributed by atoms with van der Waals surface area (Å²) in [6, 6.07) is 0. The molecule has 0 saturated carbocycles. The van der Waals surface area contributed by atoms with Crippen molar-refractivity contribution in [1.29, 1.82) is 0 Å². The molecule has 0 unspecified atom stereocenters. The van der Waals surface area contributed by atoms with Crippen LogP contribution in [0.4, 0.5) is 0 Å². The lowest BCUT2D eigenvalue weighted by molar-refractivity contribution is -0.108. The van der Waals surface area contributed by atoms with E-state index in [-0.39, 0.29) is 0 Å². The van der Waals surface area contributed by atoms with Gasteiger partial charge in [-0.25, -0.2) is 0 Å². The fourth-order valence-corrected chi connectivity index (χ4v) is 1.58. The second-order valence-corrected chi connectivity index (χ2v) is 3.36. The summed E-state index contributed by atoms with van der Waals surface area (Å²) in [6.07, 6.45) is 3.35. The average molecular weight is 173 g/mol. The number of rotatable bonds is 3. The van der Waals surface area contributed by atoms with E-state index < -0.39 is 0 Å². The highest BCUT2D eigenvalue weighted by Crippen LogP contribution is 2.02. The summed E-state index contributed by atoms with van der Waals surface area (Å²) in [5, 5.41) is 1.92. The van der Waals surface area contributed by atoms with Crippen LogP contribution in [0, 0.1) is 3.95 Å². The zero-order chi connectivity index (χ0) is 7.40. The van der Waals surface area contributed by atoms with Crippen molar-refractivity contribution in [3.05, 3.63) is 15.5 Å². The van der Waals surface area contributed by atoms with Crippen molar-refractivity contribution in [2.24, 2.45) is 0 Å². The van der Waals surface area contributed by atoms with Crippen molar-refractivity contribution in [1.82, 2.24) is 4.57 Å². The van der Waals surface area contributed by atoms with E-state index in [1.807, 2.05) is 16.1 Å². The van der Waals surface area contributed by atoms with E-state index in [4.69, 9.17) is 12.2 Å². The highest BCUT2D eigenvalue weighted by atomic mass is 32.1. The maximum atomic E-state index is 9.97. The third-order valence-electron chi connectivity index (χ3n) is 1.13. The first-order chi connectivity index (χ1) is 4.84. The molecule has 0 aromatic carbocycles. The predicted octanol–water partition coefficient (Wildman–Crippen LogP) is 1.87. The molecule has 0 amide bonds. The van der Waals surface area contributed by atoms with Gasteiger partial charge in [0.2, 0.25) is 0 Å². The van der Waals surface area contributed by atoms with Crippen molar-refractivity contribution < 1.29 is 4.79 Å². The minimum Gasteiger partial charge on any atom is -0.330 e. The topological polar surface area (TPSA) is 22.0 Å². The molecule has 0 atom stereocenters. The number of aldehydes is 1. The standard InChI is InChI=1S/C6H7NOS2/c8-4-1-2-7-3-5-10-6(7)9/h3-5H,1-2H2. The Morgan fingerprint density at radius 3 is 3.10 bits per heavy atom. The van der Waals surface area contributed by atoms with Crippen molar-refractivity contribution in [2.75, 3.05) is 0 Å². The van der Waals surface area contributed by atoms with Gasteiger partial charge in [0.05, 0.1) is 0 Å². The van der Waals surface area contributed by atoms with E-state index in [2.05, 4.69) is 0 Å². The van der Waals surface area contributed by atoms with Crippen LogP contribution < -0.4 is 0 Å². The first-order valence-electron chi connectivity index (χ1n) is 2.92. The Labute approximate surface area is 68.1 Å². The summed E-state index contributed by atoms with van der Waals surface area (Å²) in [5.74, 6) is 0. The van der Waals surface area contributed by atoms with Gasteiger partial charge in [-0.05, 0) is 12.2 Å². The highest BCUT2D eigenvalue weighted by Gasteiger charge is 1.90. The van der Waals surface area contributed by atoms with Gasteiger partial charge in [-0.2, -0.15) is 0 Å². The molecule has 0 aliphatic carbocycles. The lowest BCUT2D eigenvalue weighted by atomic mass is 10.5. The van der Waals surface area contributed by atoms with Crippen LogP contribution in [-0.2, 0) is 11.3 Å². The van der Waals surface area contributed by atoms with Crippen molar-refractivity contribution in [3.63, 3.8) is 0 Å². The van der Waals surface area contributed by atoms with Gasteiger partial charge < -0.3 is 9.36 Å². The molecular weight excluding hydrogens is 166 g/mol. The minimum atomic E-state index is 0.547. The van der Waals surface area contributed by atoms with Crippen LogP contribution in [0.25, 0.3) is 0 Å². The van der Waals surface area contributed by atoms with Gasteiger partial charge in [-0.3, -0.25) is 0 Å². The quantitative estimate of drug-likeness (QED) is 0.514. The number of carbonyl (C=O) groups is 1. The average Bonchev–Trinajstić information content (AvgIpc) is 2.31. The normalized spacial score (nSPS) is 9.60.